The van der Waals surface area contributed by atoms with Gasteiger partial charge in [-0.2, -0.15) is 0 Å². The Hall–Kier alpha value is -1.78. The molecule has 2 atom stereocenters. The second-order valence-electron chi connectivity index (χ2n) is 8.23. The maximum absolute atomic E-state index is 13.3. The smallest absolute Gasteiger partial charge is 0.221 e. The van der Waals surface area contributed by atoms with E-state index in [1.165, 1.54) is 12.1 Å². The highest BCUT2D eigenvalue weighted by Gasteiger charge is 2.40. The third-order valence-corrected chi connectivity index (χ3v) is 4.88. The first-order valence-corrected chi connectivity index (χ1v) is 8.86. The monoisotopic (exact) mass is 351 g/mol. The number of carbonyl (C=O) groups excluding carboxylic acids is 2. The quantitative estimate of drug-likeness (QED) is 0.769. The van der Waals surface area contributed by atoms with Crippen molar-refractivity contribution in [3.05, 3.63) is 35.4 Å². The van der Waals surface area contributed by atoms with Gasteiger partial charge in [-0.3, -0.25) is 9.59 Å². The molecule has 0 spiro atoms. The van der Waals surface area contributed by atoms with Crippen LogP contribution in [0.3, 0.4) is 0 Å². The molecule has 1 aliphatic carbocycles. The van der Waals surface area contributed by atoms with Gasteiger partial charge in [-0.15, -0.1) is 0 Å². The lowest BCUT2D eigenvalue weighted by molar-refractivity contribution is -0.137. The Morgan fingerprint density at radius 3 is 2.12 bits per heavy atom. The van der Waals surface area contributed by atoms with Gasteiger partial charge in [-0.25, -0.2) is 8.78 Å². The summed E-state index contributed by atoms with van der Waals surface area (Å²) in [7, 11) is 0. The molecule has 2 N–H and O–H groups in total. The number of hydrogen-bond acceptors (Lipinski definition) is 2. The lowest BCUT2D eigenvalue weighted by Gasteiger charge is -2.29. The van der Waals surface area contributed by atoms with Gasteiger partial charge in [0, 0.05) is 23.3 Å². The molecule has 5 heteroatoms. The molecule has 1 aromatic rings. The van der Waals surface area contributed by atoms with Gasteiger partial charge in [-0.1, -0.05) is 33.6 Å². The van der Waals surface area contributed by atoms with Crippen LogP contribution in [-0.4, -0.2) is 11.7 Å². The van der Waals surface area contributed by atoms with Crippen LogP contribution in [0.5, 0.6) is 0 Å². The molecule has 0 aliphatic heterocycles. The first kappa shape index (κ1) is 19.5. The van der Waals surface area contributed by atoms with E-state index in [2.05, 4.69) is 0 Å². The Balaban J connectivity index is 2.17. The van der Waals surface area contributed by atoms with Crippen molar-refractivity contribution in [1.29, 1.82) is 0 Å². The largest absolute Gasteiger partial charge is 0.369 e. The molecule has 0 bridgehead atoms. The van der Waals surface area contributed by atoms with Crippen molar-refractivity contribution in [1.82, 2.24) is 0 Å². The van der Waals surface area contributed by atoms with Crippen molar-refractivity contribution in [2.45, 2.75) is 52.9 Å². The van der Waals surface area contributed by atoms with Crippen LogP contribution in [0.15, 0.2) is 18.2 Å². The fraction of sp³-hybridized carbons (Fsp3) is 0.600. The average Bonchev–Trinajstić information content (AvgIpc) is 3.27. The average molecular weight is 351 g/mol. The molecule has 25 heavy (non-hydrogen) atoms. The first-order valence-electron chi connectivity index (χ1n) is 8.86. The van der Waals surface area contributed by atoms with Gasteiger partial charge in [0.25, 0.3) is 0 Å². The van der Waals surface area contributed by atoms with Crippen LogP contribution in [0.2, 0.25) is 0 Å². The lowest BCUT2D eigenvalue weighted by Crippen LogP contribution is -2.39. The van der Waals surface area contributed by atoms with E-state index in [1.54, 1.807) is 0 Å². The van der Waals surface area contributed by atoms with Crippen molar-refractivity contribution in [3.63, 3.8) is 0 Å². The van der Waals surface area contributed by atoms with E-state index < -0.39 is 34.8 Å². The molecule has 1 saturated carbocycles. The summed E-state index contributed by atoms with van der Waals surface area (Å²) in [6.45, 7) is 5.53. The number of amides is 1. The minimum atomic E-state index is -0.647. The molecule has 0 unspecified atom stereocenters. The second-order valence-corrected chi connectivity index (χ2v) is 8.23. The molecule has 1 aliphatic rings. The van der Waals surface area contributed by atoms with Crippen LogP contribution in [-0.2, 0) is 16.0 Å². The Morgan fingerprint density at radius 1 is 1.12 bits per heavy atom. The number of carbonyl (C=O) groups is 2. The molecule has 1 amide bonds. The molecule has 0 saturated heterocycles. The number of hydrogen-bond donors (Lipinski definition) is 1. The van der Waals surface area contributed by atoms with E-state index in [9.17, 15) is 18.4 Å². The molecule has 1 aromatic carbocycles. The zero-order valence-corrected chi connectivity index (χ0v) is 15.1. The summed E-state index contributed by atoms with van der Waals surface area (Å²) in [4.78, 5) is 24.9. The fourth-order valence-corrected chi connectivity index (χ4v) is 3.34. The van der Waals surface area contributed by atoms with Crippen LogP contribution < -0.4 is 5.73 Å². The van der Waals surface area contributed by atoms with E-state index in [1.807, 2.05) is 20.8 Å². The van der Waals surface area contributed by atoms with E-state index >= 15 is 0 Å². The van der Waals surface area contributed by atoms with Crippen LogP contribution in [0.1, 0.15) is 52.0 Å². The summed E-state index contributed by atoms with van der Waals surface area (Å²) in [5.74, 6) is -2.34. The zero-order chi connectivity index (χ0) is 18.8. The SMILES string of the molecule is CC(C)(C)C(=O)[C@H](CC1CC1)[C@H](CCc1cc(F)cc(F)c1)C(N)=O. The Bertz CT molecular complexity index is 627. The second kappa shape index (κ2) is 7.63. The summed E-state index contributed by atoms with van der Waals surface area (Å²) in [5, 5.41) is 0. The Morgan fingerprint density at radius 2 is 1.68 bits per heavy atom. The minimum absolute atomic E-state index is 0.0358. The number of ketones is 1. The summed E-state index contributed by atoms with van der Waals surface area (Å²) in [6.07, 6.45) is 3.45. The zero-order valence-electron chi connectivity index (χ0n) is 15.1. The highest BCUT2D eigenvalue weighted by atomic mass is 19.1. The minimum Gasteiger partial charge on any atom is -0.369 e. The number of benzene rings is 1. The normalized spacial score (nSPS) is 17.2. The highest BCUT2D eigenvalue weighted by Crippen LogP contribution is 2.41. The van der Waals surface area contributed by atoms with E-state index in [0.29, 0.717) is 30.7 Å². The van der Waals surface area contributed by atoms with Gasteiger partial charge in [0.1, 0.15) is 17.4 Å². The molecule has 0 aromatic heterocycles. The van der Waals surface area contributed by atoms with Crippen LogP contribution in [0.25, 0.3) is 0 Å². The van der Waals surface area contributed by atoms with Gasteiger partial charge in [0.15, 0.2) is 0 Å². The van der Waals surface area contributed by atoms with Crippen LogP contribution in [0, 0.1) is 34.8 Å². The predicted octanol–water partition coefficient (Wildman–Crippen LogP) is 4.03. The number of nitrogens with two attached hydrogens (primary N) is 1. The fourth-order valence-electron chi connectivity index (χ4n) is 3.34. The van der Waals surface area contributed by atoms with Crippen molar-refractivity contribution in [3.8, 4) is 0 Å². The van der Waals surface area contributed by atoms with Crippen molar-refractivity contribution in [2.24, 2.45) is 28.9 Å². The third kappa shape index (κ3) is 5.62. The number of primary amides is 1. The van der Waals surface area contributed by atoms with Crippen molar-refractivity contribution >= 4 is 11.7 Å². The molecule has 138 valence electrons. The van der Waals surface area contributed by atoms with Gasteiger partial charge < -0.3 is 5.73 Å². The van der Waals surface area contributed by atoms with Gasteiger partial charge in [0.05, 0.1) is 0 Å². The highest BCUT2D eigenvalue weighted by molar-refractivity contribution is 5.91. The number of halogens is 2. The summed E-state index contributed by atoms with van der Waals surface area (Å²) in [5.41, 5.74) is 5.51. The molecule has 0 heterocycles. The summed E-state index contributed by atoms with van der Waals surface area (Å²) < 4.78 is 26.7. The molecule has 1 fully saturated rings. The van der Waals surface area contributed by atoms with E-state index in [-0.39, 0.29) is 5.78 Å². The van der Waals surface area contributed by atoms with Crippen LogP contribution in [0.4, 0.5) is 8.78 Å². The number of rotatable bonds is 8. The van der Waals surface area contributed by atoms with Gasteiger partial charge >= 0.3 is 0 Å². The first-order chi connectivity index (χ1) is 11.6. The van der Waals surface area contributed by atoms with Crippen LogP contribution >= 0.6 is 0 Å². The lowest BCUT2D eigenvalue weighted by atomic mass is 9.73. The molecule has 0 radical (unpaired) electrons. The topological polar surface area (TPSA) is 60.2 Å². The summed E-state index contributed by atoms with van der Waals surface area (Å²) >= 11 is 0. The molecular formula is C20H27F2NO2. The predicted molar refractivity (Wildman–Crippen MR) is 92.7 cm³/mol. The van der Waals surface area contributed by atoms with Crippen molar-refractivity contribution in [2.75, 3.05) is 0 Å². The molecule has 3 nitrogen and oxygen atoms in total. The number of aryl methyl sites for hydroxylation is 1. The van der Waals surface area contributed by atoms with E-state index in [4.69, 9.17) is 5.73 Å². The van der Waals surface area contributed by atoms with E-state index in [0.717, 1.165) is 18.9 Å². The standard InChI is InChI=1S/C20H27F2NO2/c1-20(2,3)18(24)17(10-12-4-5-12)16(19(23)25)7-6-13-8-14(21)11-15(22)9-13/h8-9,11-12,16-17H,4-7,10H2,1-3H3,(H2,23,25)/t16-,17+/m0/s1. The molecular weight excluding hydrogens is 324 g/mol. The number of Topliss-reactive ketones (excluding diaryl/α,β-unsaturated/α-hetero) is 1. The van der Waals surface area contributed by atoms with Gasteiger partial charge in [-0.05, 0) is 42.9 Å². The molecule has 2 rings (SSSR count). The van der Waals surface area contributed by atoms with Crippen molar-refractivity contribution < 1.29 is 18.4 Å². The Labute approximate surface area is 148 Å². The maximum Gasteiger partial charge on any atom is 0.221 e. The maximum atomic E-state index is 13.3. The van der Waals surface area contributed by atoms with Gasteiger partial charge in [0.2, 0.25) is 5.91 Å². The summed E-state index contributed by atoms with van der Waals surface area (Å²) in [6, 6.07) is 3.32. The third-order valence-electron chi connectivity index (χ3n) is 4.88. The Kier molecular flexibility index (Phi) is 5.96.